The van der Waals surface area contributed by atoms with Crippen molar-refractivity contribution in [3.05, 3.63) is 53.1 Å². The maximum absolute atomic E-state index is 12.7. The maximum Gasteiger partial charge on any atom is 0.262 e. The molecule has 0 fully saturated rings. The fourth-order valence-electron chi connectivity index (χ4n) is 2.44. The van der Waals surface area contributed by atoms with Crippen LogP contribution in [0, 0.1) is 13.8 Å². The fourth-order valence-corrected chi connectivity index (χ4v) is 3.97. The van der Waals surface area contributed by atoms with E-state index in [0.29, 0.717) is 16.9 Å². The summed E-state index contributed by atoms with van der Waals surface area (Å²) in [6.07, 6.45) is 0. The largest absolute Gasteiger partial charge is 0.497 e. The van der Waals surface area contributed by atoms with Gasteiger partial charge in [0.1, 0.15) is 5.75 Å². The number of ether oxygens (including phenoxy) is 1. The van der Waals surface area contributed by atoms with Gasteiger partial charge >= 0.3 is 0 Å². The van der Waals surface area contributed by atoms with Gasteiger partial charge in [0.25, 0.3) is 15.9 Å². The summed E-state index contributed by atoms with van der Waals surface area (Å²) in [5, 5.41) is 0. The van der Waals surface area contributed by atoms with Gasteiger partial charge in [-0.2, -0.15) is 0 Å². The second-order valence-electron chi connectivity index (χ2n) is 5.11. The van der Waals surface area contributed by atoms with E-state index >= 15 is 0 Å². The number of anilines is 1. The molecule has 2 aromatic rings. The zero-order valence-electron chi connectivity index (χ0n) is 13.1. The lowest BCUT2D eigenvalue weighted by molar-refractivity contribution is 0.100. The van der Waals surface area contributed by atoms with Crippen LogP contribution in [-0.2, 0) is 10.0 Å². The summed E-state index contributed by atoms with van der Waals surface area (Å²) in [6.45, 7) is 3.37. The molecule has 0 radical (unpaired) electrons. The second-order valence-corrected chi connectivity index (χ2v) is 6.72. The number of sulfonamides is 1. The predicted molar refractivity (Wildman–Crippen MR) is 88.2 cm³/mol. The highest BCUT2D eigenvalue weighted by Gasteiger charge is 2.22. The van der Waals surface area contributed by atoms with Crippen molar-refractivity contribution in [2.24, 2.45) is 5.73 Å². The van der Waals surface area contributed by atoms with Gasteiger partial charge in [0.05, 0.1) is 23.3 Å². The first-order chi connectivity index (χ1) is 10.8. The number of nitrogens with two attached hydrogens (primary N) is 1. The topological polar surface area (TPSA) is 98.5 Å². The summed E-state index contributed by atoms with van der Waals surface area (Å²) in [7, 11) is -2.35. The van der Waals surface area contributed by atoms with Gasteiger partial charge in [-0.3, -0.25) is 9.52 Å². The lowest BCUT2D eigenvalue weighted by atomic mass is 10.1. The molecule has 2 rings (SSSR count). The Labute approximate surface area is 135 Å². The quantitative estimate of drug-likeness (QED) is 0.876. The molecule has 1 amide bonds. The number of benzene rings is 2. The third kappa shape index (κ3) is 3.45. The Balaban J connectivity index is 2.51. The molecule has 23 heavy (non-hydrogen) atoms. The van der Waals surface area contributed by atoms with Crippen LogP contribution in [0.25, 0.3) is 0 Å². The molecule has 0 bridgehead atoms. The van der Waals surface area contributed by atoms with Crippen molar-refractivity contribution in [2.45, 2.75) is 18.7 Å². The molecule has 0 aromatic heterocycles. The van der Waals surface area contributed by atoms with E-state index in [9.17, 15) is 13.2 Å². The van der Waals surface area contributed by atoms with E-state index in [1.165, 1.54) is 19.2 Å². The Morgan fingerprint density at radius 1 is 1.13 bits per heavy atom. The van der Waals surface area contributed by atoms with Crippen LogP contribution < -0.4 is 15.2 Å². The molecule has 3 N–H and O–H groups in total. The number of methoxy groups -OCH3 is 1. The minimum atomic E-state index is -3.87. The lowest BCUT2D eigenvalue weighted by Crippen LogP contribution is -2.20. The van der Waals surface area contributed by atoms with Crippen LogP contribution in [0.2, 0.25) is 0 Å². The van der Waals surface area contributed by atoms with Crippen molar-refractivity contribution in [1.29, 1.82) is 0 Å². The number of para-hydroxylation sites is 1. The molecule has 0 unspecified atom stereocenters. The van der Waals surface area contributed by atoms with Crippen LogP contribution in [-0.4, -0.2) is 21.4 Å². The van der Waals surface area contributed by atoms with Gasteiger partial charge in [0.15, 0.2) is 0 Å². The summed E-state index contributed by atoms with van der Waals surface area (Å²) in [4.78, 5) is 11.6. The molecule has 7 heteroatoms. The molecular weight excluding hydrogens is 316 g/mol. The van der Waals surface area contributed by atoms with E-state index in [2.05, 4.69) is 4.72 Å². The Morgan fingerprint density at radius 2 is 1.70 bits per heavy atom. The summed E-state index contributed by atoms with van der Waals surface area (Å²) in [5.41, 5.74) is 6.63. The predicted octanol–water partition coefficient (Wildman–Crippen LogP) is 2.21. The smallest absolute Gasteiger partial charge is 0.262 e. The fraction of sp³-hybridized carbons (Fsp3) is 0.188. The molecule has 0 aliphatic rings. The molecular formula is C16H18N2O4S. The average Bonchev–Trinajstić information content (AvgIpc) is 2.45. The van der Waals surface area contributed by atoms with Crippen LogP contribution in [0.3, 0.4) is 0 Å². The molecule has 0 atom stereocenters. The van der Waals surface area contributed by atoms with Crippen LogP contribution >= 0.6 is 0 Å². The third-order valence-electron chi connectivity index (χ3n) is 3.38. The van der Waals surface area contributed by atoms with Gasteiger partial charge in [-0.05, 0) is 49.2 Å². The van der Waals surface area contributed by atoms with Gasteiger partial charge in [0, 0.05) is 0 Å². The Bertz CT molecular complexity index is 837. The number of nitrogens with one attached hydrogen (secondary N) is 1. The van der Waals surface area contributed by atoms with E-state index in [1.807, 2.05) is 0 Å². The molecule has 2 aromatic carbocycles. The molecule has 0 saturated carbocycles. The zero-order valence-corrected chi connectivity index (χ0v) is 13.9. The number of rotatable bonds is 5. The van der Waals surface area contributed by atoms with Gasteiger partial charge in [0.2, 0.25) is 0 Å². The SMILES string of the molecule is COc1cc(C)c(S(=O)(=O)Nc2ccccc2C(N)=O)c(C)c1. The Kier molecular flexibility index (Phi) is 4.60. The number of carbonyl (C=O) groups is 1. The lowest BCUT2D eigenvalue weighted by Gasteiger charge is -2.15. The monoisotopic (exact) mass is 334 g/mol. The number of carbonyl (C=O) groups excluding carboxylic acids is 1. The normalized spacial score (nSPS) is 11.1. The van der Waals surface area contributed by atoms with Gasteiger partial charge in [-0.25, -0.2) is 8.42 Å². The number of hydrogen-bond acceptors (Lipinski definition) is 4. The molecule has 0 spiro atoms. The van der Waals surface area contributed by atoms with Crippen molar-refractivity contribution < 1.29 is 17.9 Å². The molecule has 6 nitrogen and oxygen atoms in total. The van der Waals surface area contributed by atoms with Gasteiger partial charge < -0.3 is 10.5 Å². The number of hydrogen-bond donors (Lipinski definition) is 2. The average molecular weight is 334 g/mol. The Morgan fingerprint density at radius 3 is 2.22 bits per heavy atom. The van der Waals surface area contributed by atoms with Gasteiger partial charge in [-0.15, -0.1) is 0 Å². The highest BCUT2D eigenvalue weighted by atomic mass is 32.2. The van der Waals surface area contributed by atoms with Crippen molar-refractivity contribution >= 4 is 21.6 Å². The van der Waals surface area contributed by atoms with Crippen molar-refractivity contribution in [1.82, 2.24) is 0 Å². The molecule has 0 aliphatic heterocycles. The Hall–Kier alpha value is -2.54. The third-order valence-corrected chi connectivity index (χ3v) is 5.05. The van der Waals surface area contributed by atoms with Crippen LogP contribution in [0.5, 0.6) is 5.75 Å². The van der Waals surface area contributed by atoms with Crippen LogP contribution in [0.15, 0.2) is 41.3 Å². The minimum absolute atomic E-state index is 0.111. The zero-order chi connectivity index (χ0) is 17.2. The maximum atomic E-state index is 12.7. The summed E-state index contributed by atoms with van der Waals surface area (Å²) >= 11 is 0. The first-order valence-corrected chi connectivity index (χ1v) is 8.31. The van der Waals surface area contributed by atoms with E-state index in [1.54, 1.807) is 38.1 Å². The van der Waals surface area contributed by atoms with E-state index in [4.69, 9.17) is 10.5 Å². The molecule has 0 aliphatic carbocycles. The van der Waals surface area contributed by atoms with E-state index in [-0.39, 0.29) is 16.1 Å². The van der Waals surface area contributed by atoms with Crippen molar-refractivity contribution in [3.63, 3.8) is 0 Å². The highest BCUT2D eigenvalue weighted by Crippen LogP contribution is 2.28. The van der Waals surface area contributed by atoms with E-state index < -0.39 is 15.9 Å². The summed E-state index contributed by atoms with van der Waals surface area (Å²) in [5.74, 6) is -0.122. The standard InChI is InChI=1S/C16H18N2O4S/c1-10-8-12(22-3)9-11(2)15(10)23(20,21)18-14-7-5-4-6-13(14)16(17)19/h4-9,18H,1-3H3,(H2,17,19). The minimum Gasteiger partial charge on any atom is -0.497 e. The van der Waals surface area contributed by atoms with E-state index in [0.717, 1.165) is 0 Å². The first-order valence-electron chi connectivity index (χ1n) is 6.83. The summed E-state index contributed by atoms with van der Waals surface area (Å²) in [6, 6.07) is 9.47. The second kappa shape index (κ2) is 6.29. The number of aryl methyl sites for hydroxylation is 2. The molecule has 122 valence electrons. The van der Waals surface area contributed by atoms with Crippen molar-refractivity contribution in [3.8, 4) is 5.75 Å². The first kappa shape index (κ1) is 16.8. The number of amides is 1. The summed E-state index contributed by atoms with van der Waals surface area (Å²) < 4.78 is 33.0. The number of primary amides is 1. The van der Waals surface area contributed by atoms with Crippen molar-refractivity contribution in [2.75, 3.05) is 11.8 Å². The molecule has 0 saturated heterocycles. The van der Waals surface area contributed by atoms with Crippen LogP contribution in [0.4, 0.5) is 5.69 Å². The highest BCUT2D eigenvalue weighted by molar-refractivity contribution is 7.92. The molecule has 0 heterocycles. The van der Waals surface area contributed by atoms with Gasteiger partial charge in [-0.1, -0.05) is 12.1 Å². The van der Waals surface area contributed by atoms with Crippen LogP contribution in [0.1, 0.15) is 21.5 Å².